The molecule has 0 spiro atoms. The van der Waals surface area contributed by atoms with Gasteiger partial charge in [0, 0.05) is 18.3 Å². The van der Waals surface area contributed by atoms with Crippen molar-refractivity contribution in [2.45, 2.75) is 5.16 Å². The molecule has 0 unspecified atom stereocenters. The molecule has 0 aliphatic rings. The summed E-state index contributed by atoms with van der Waals surface area (Å²) in [5.41, 5.74) is 1.13. The fourth-order valence-electron chi connectivity index (χ4n) is 2.18. The number of hydrogen-bond donors (Lipinski definition) is 1. The van der Waals surface area contributed by atoms with Crippen molar-refractivity contribution in [3.05, 3.63) is 60.2 Å². The maximum Gasteiger partial charge on any atom is 0.234 e. The monoisotopic (exact) mass is 360 g/mol. The molecule has 1 N–H and O–H groups in total. The molecule has 3 aromatic rings. The number of benzene rings is 2. The van der Waals surface area contributed by atoms with E-state index in [1.54, 1.807) is 23.7 Å². The van der Waals surface area contributed by atoms with Crippen molar-refractivity contribution in [3.63, 3.8) is 0 Å². The summed E-state index contributed by atoms with van der Waals surface area (Å²) < 4.78 is 27.9. The molecule has 8 heteroatoms. The molecule has 1 heterocycles. The number of nitrogens with zero attached hydrogens (tertiary/aromatic N) is 3. The van der Waals surface area contributed by atoms with Crippen LogP contribution < -0.4 is 5.32 Å². The zero-order chi connectivity index (χ0) is 17.8. The predicted molar refractivity (Wildman–Crippen MR) is 92.2 cm³/mol. The first kappa shape index (κ1) is 17.1. The largest absolute Gasteiger partial charge is 0.325 e. The topological polar surface area (TPSA) is 59.8 Å². The van der Waals surface area contributed by atoms with Crippen LogP contribution in [0.25, 0.3) is 11.4 Å². The lowest BCUT2D eigenvalue weighted by molar-refractivity contribution is -0.113. The van der Waals surface area contributed by atoms with Crippen molar-refractivity contribution in [2.24, 2.45) is 7.05 Å². The number of halogens is 2. The average Bonchev–Trinajstić information content (AvgIpc) is 2.96. The van der Waals surface area contributed by atoms with Gasteiger partial charge in [0.15, 0.2) is 11.0 Å². The zero-order valence-electron chi connectivity index (χ0n) is 13.2. The lowest BCUT2D eigenvalue weighted by Gasteiger charge is -2.06. The molecule has 128 valence electrons. The Morgan fingerprint density at radius 2 is 1.88 bits per heavy atom. The van der Waals surface area contributed by atoms with Gasteiger partial charge in [0.1, 0.15) is 11.6 Å². The quantitative estimate of drug-likeness (QED) is 0.708. The van der Waals surface area contributed by atoms with Gasteiger partial charge >= 0.3 is 0 Å². The summed E-state index contributed by atoms with van der Waals surface area (Å²) in [7, 11) is 1.75. The fraction of sp³-hybridized carbons (Fsp3) is 0.118. The van der Waals surface area contributed by atoms with E-state index in [1.807, 2.05) is 0 Å². The molecule has 0 atom stereocenters. The van der Waals surface area contributed by atoms with Crippen molar-refractivity contribution < 1.29 is 13.6 Å². The summed E-state index contributed by atoms with van der Waals surface area (Å²) in [5.74, 6) is -0.329. The van der Waals surface area contributed by atoms with E-state index >= 15 is 0 Å². The highest BCUT2D eigenvalue weighted by Crippen LogP contribution is 2.23. The van der Waals surface area contributed by atoms with Crippen LogP contribution in [0, 0.1) is 11.6 Å². The molecule has 0 aliphatic heterocycles. The Morgan fingerprint density at radius 3 is 2.60 bits per heavy atom. The van der Waals surface area contributed by atoms with Crippen LogP contribution in [0.3, 0.4) is 0 Å². The molecular formula is C17H14F2N4OS. The van der Waals surface area contributed by atoms with Crippen LogP contribution >= 0.6 is 11.8 Å². The molecule has 3 rings (SSSR count). The first-order chi connectivity index (χ1) is 12.0. The Bertz CT molecular complexity index is 896. The number of carbonyl (C=O) groups is 1. The van der Waals surface area contributed by atoms with E-state index in [4.69, 9.17) is 0 Å². The number of aromatic nitrogens is 3. The molecule has 1 amide bonds. The molecule has 1 aromatic heterocycles. The van der Waals surface area contributed by atoms with Crippen LogP contribution in [0.5, 0.6) is 0 Å². The normalized spacial score (nSPS) is 10.7. The first-order valence-corrected chi connectivity index (χ1v) is 8.35. The summed E-state index contributed by atoms with van der Waals surface area (Å²) >= 11 is 1.21. The van der Waals surface area contributed by atoms with Crippen molar-refractivity contribution in [3.8, 4) is 11.4 Å². The summed E-state index contributed by atoms with van der Waals surface area (Å²) in [6.45, 7) is 0. The summed E-state index contributed by atoms with van der Waals surface area (Å²) in [6.07, 6.45) is 0. The predicted octanol–water partition coefficient (Wildman–Crippen LogP) is 3.49. The number of anilines is 1. The lowest BCUT2D eigenvalue weighted by atomic mass is 10.2. The summed E-state index contributed by atoms with van der Waals surface area (Å²) in [6, 6.07) is 11.6. The summed E-state index contributed by atoms with van der Waals surface area (Å²) in [4.78, 5) is 12.0. The SMILES string of the molecule is Cn1c(SCC(=O)Nc2ccc(F)cc2)nnc1-c1cccc(F)c1. The van der Waals surface area contributed by atoms with Crippen LogP contribution in [0.1, 0.15) is 0 Å². The molecule has 2 aromatic carbocycles. The number of amides is 1. The standard InChI is InChI=1S/C17H14F2N4OS/c1-23-16(11-3-2-4-13(19)9-11)21-22-17(23)25-10-15(24)20-14-7-5-12(18)6-8-14/h2-9H,10H2,1H3,(H,20,24). The van der Waals surface area contributed by atoms with Crippen molar-refractivity contribution in [1.29, 1.82) is 0 Å². The Morgan fingerprint density at radius 1 is 1.12 bits per heavy atom. The van der Waals surface area contributed by atoms with Gasteiger partial charge in [-0.3, -0.25) is 4.79 Å². The van der Waals surface area contributed by atoms with Gasteiger partial charge in [-0.25, -0.2) is 8.78 Å². The third kappa shape index (κ3) is 4.21. The van der Waals surface area contributed by atoms with Gasteiger partial charge in [0.05, 0.1) is 5.75 Å². The second-order valence-electron chi connectivity index (χ2n) is 5.22. The van der Waals surface area contributed by atoms with E-state index in [0.717, 1.165) is 0 Å². The minimum atomic E-state index is -0.365. The number of rotatable bonds is 5. The number of carbonyl (C=O) groups excluding carboxylic acids is 1. The van der Waals surface area contributed by atoms with Gasteiger partial charge < -0.3 is 9.88 Å². The molecule has 0 fully saturated rings. The van der Waals surface area contributed by atoms with E-state index in [2.05, 4.69) is 15.5 Å². The van der Waals surface area contributed by atoms with Gasteiger partial charge in [0.25, 0.3) is 0 Å². The number of thioether (sulfide) groups is 1. The van der Waals surface area contributed by atoms with Gasteiger partial charge in [-0.05, 0) is 36.4 Å². The highest BCUT2D eigenvalue weighted by molar-refractivity contribution is 7.99. The van der Waals surface area contributed by atoms with Crippen LogP contribution in [-0.4, -0.2) is 26.4 Å². The average molecular weight is 360 g/mol. The maximum absolute atomic E-state index is 13.3. The lowest BCUT2D eigenvalue weighted by Crippen LogP contribution is -2.14. The number of hydrogen-bond acceptors (Lipinski definition) is 4. The zero-order valence-corrected chi connectivity index (χ0v) is 14.1. The minimum Gasteiger partial charge on any atom is -0.325 e. The number of nitrogens with one attached hydrogen (secondary N) is 1. The Kier molecular flexibility index (Phi) is 5.08. The van der Waals surface area contributed by atoms with Gasteiger partial charge in [-0.2, -0.15) is 0 Å². The van der Waals surface area contributed by atoms with Crippen LogP contribution in [-0.2, 0) is 11.8 Å². The van der Waals surface area contributed by atoms with Crippen LogP contribution in [0.4, 0.5) is 14.5 Å². The van der Waals surface area contributed by atoms with E-state index in [1.165, 1.54) is 48.2 Å². The third-order valence-electron chi connectivity index (χ3n) is 3.38. The van der Waals surface area contributed by atoms with Crippen molar-refractivity contribution >= 4 is 23.4 Å². The smallest absolute Gasteiger partial charge is 0.234 e. The van der Waals surface area contributed by atoms with Gasteiger partial charge in [-0.1, -0.05) is 23.9 Å². The molecule has 0 bridgehead atoms. The third-order valence-corrected chi connectivity index (χ3v) is 4.40. The van der Waals surface area contributed by atoms with E-state index < -0.39 is 0 Å². The maximum atomic E-state index is 13.3. The Hall–Kier alpha value is -2.74. The van der Waals surface area contributed by atoms with E-state index in [-0.39, 0.29) is 23.3 Å². The van der Waals surface area contributed by atoms with E-state index in [0.29, 0.717) is 22.2 Å². The highest BCUT2D eigenvalue weighted by atomic mass is 32.2. The molecule has 0 saturated heterocycles. The molecule has 0 radical (unpaired) electrons. The highest BCUT2D eigenvalue weighted by Gasteiger charge is 2.13. The van der Waals surface area contributed by atoms with Gasteiger partial charge in [0.2, 0.25) is 5.91 Å². The molecule has 25 heavy (non-hydrogen) atoms. The second-order valence-corrected chi connectivity index (χ2v) is 6.16. The first-order valence-electron chi connectivity index (χ1n) is 7.36. The Labute approximate surface area is 147 Å². The van der Waals surface area contributed by atoms with Gasteiger partial charge in [-0.15, -0.1) is 10.2 Å². The van der Waals surface area contributed by atoms with Crippen molar-refractivity contribution in [2.75, 3.05) is 11.1 Å². The van der Waals surface area contributed by atoms with Crippen molar-refractivity contribution in [1.82, 2.24) is 14.8 Å². The Balaban J connectivity index is 1.64. The molecule has 0 aliphatic carbocycles. The van der Waals surface area contributed by atoms with Crippen LogP contribution in [0.15, 0.2) is 53.7 Å². The van der Waals surface area contributed by atoms with Crippen LogP contribution in [0.2, 0.25) is 0 Å². The fourth-order valence-corrected chi connectivity index (χ4v) is 2.89. The summed E-state index contributed by atoms with van der Waals surface area (Å²) in [5, 5.41) is 11.3. The molecule has 5 nitrogen and oxygen atoms in total. The molecule has 0 saturated carbocycles. The van der Waals surface area contributed by atoms with E-state index in [9.17, 15) is 13.6 Å². The second kappa shape index (κ2) is 7.43. The molecular weight excluding hydrogens is 346 g/mol. The minimum absolute atomic E-state index is 0.118.